The molecular weight excluding hydrogens is 414 g/mol. The van der Waals surface area contributed by atoms with Gasteiger partial charge in [-0.25, -0.2) is 0 Å². The second-order valence-electron chi connectivity index (χ2n) is 8.42. The minimum Gasteiger partial charge on any atom is -0.393 e. The highest BCUT2D eigenvalue weighted by Crippen LogP contribution is 2.16. The van der Waals surface area contributed by atoms with Gasteiger partial charge in [-0.15, -0.1) is 6.58 Å². The Kier molecular flexibility index (Phi) is 27.4. The molecule has 0 heterocycles. The quantitative estimate of drug-likeness (QED) is 0.129. The van der Waals surface area contributed by atoms with Crippen LogP contribution in [0.3, 0.4) is 0 Å². The van der Waals surface area contributed by atoms with Gasteiger partial charge in [0.1, 0.15) is 0 Å². The molecule has 190 valence electrons. The van der Waals surface area contributed by atoms with Crippen molar-refractivity contribution in [2.75, 3.05) is 26.2 Å². The number of quaternary nitrogens is 1. The van der Waals surface area contributed by atoms with Gasteiger partial charge in [0, 0.05) is 0 Å². The van der Waals surface area contributed by atoms with Gasteiger partial charge in [-0.1, -0.05) is 79.2 Å². The molecule has 0 saturated carbocycles. The third-order valence-corrected chi connectivity index (χ3v) is 5.27. The zero-order valence-corrected chi connectivity index (χ0v) is 22.0. The van der Waals surface area contributed by atoms with Crippen molar-refractivity contribution >= 4 is 10.4 Å². The van der Waals surface area contributed by atoms with Gasteiger partial charge in [0.2, 0.25) is 0 Å². The first-order valence-electron chi connectivity index (χ1n) is 12.4. The van der Waals surface area contributed by atoms with Crippen molar-refractivity contribution in [2.24, 2.45) is 0 Å². The molecule has 0 aliphatic carbocycles. The Labute approximate surface area is 194 Å². The maximum absolute atomic E-state index is 9.11. The predicted molar refractivity (Wildman–Crippen MR) is 134 cm³/mol. The molecule has 0 rings (SSSR count). The van der Waals surface area contributed by atoms with E-state index in [1.165, 1.54) is 82.0 Å². The summed E-state index contributed by atoms with van der Waals surface area (Å²) in [7, 11) is -4.67. The zero-order chi connectivity index (χ0) is 24.6. The Morgan fingerprint density at radius 1 is 0.742 bits per heavy atom. The fourth-order valence-corrected chi connectivity index (χ4v) is 3.39. The van der Waals surface area contributed by atoms with E-state index in [-0.39, 0.29) is 6.10 Å². The smallest absolute Gasteiger partial charge is 0.393 e. The van der Waals surface area contributed by atoms with Crippen LogP contribution in [0.5, 0.6) is 0 Å². The number of aliphatic hydroxyl groups excluding tert-OH is 1. The van der Waals surface area contributed by atoms with E-state index in [2.05, 4.69) is 41.2 Å². The lowest BCUT2D eigenvalue weighted by atomic mass is 10.1. The molecule has 0 radical (unpaired) electrons. The molecule has 0 bridgehead atoms. The van der Waals surface area contributed by atoms with Crippen molar-refractivity contribution in [3.8, 4) is 0 Å². The zero-order valence-electron chi connectivity index (χ0n) is 21.2. The Balaban J connectivity index is -0.000000465. The molecule has 0 spiro atoms. The van der Waals surface area contributed by atoms with Crippen LogP contribution in [0.4, 0.5) is 0 Å². The summed E-state index contributed by atoms with van der Waals surface area (Å²) in [5.74, 6) is 0. The minimum atomic E-state index is -4.67. The molecule has 0 aromatic heterocycles. The average Bonchev–Trinajstić information content (AvgIpc) is 2.70. The molecule has 1 atom stereocenters. The average molecular weight is 469 g/mol. The number of hydrogen-bond donors (Lipinski definition) is 3. The summed E-state index contributed by atoms with van der Waals surface area (Å²) in [6.45, 7) is 20.7. The number of aliphatic hydroxyl groups is 1. The first-order chi connectivity index (χ1) is 14.6. The van der Waals surface area contributed by atoms with Crippen LogP contribution < -0.4 is 0 Å². The summed E-state index contributed by atoms with van der Waals surface area (Å²) in [5, 5.41) is 9.11. The molecule has 0 aromatic rings. The van der Waals surface area contributed by atoms with Gasteiger partial charge in [0.25, 0.3) is 0 Å². The highest BCUT2D eigenvalue weighted by molar-refractivity contribution is 7.79. The van der Waals surface area contributed by atoms with E-state index in [4.69, 9.17) is 22.6 Å². The summed E-state index contributed by atoms with van der Waals surface area (Å²) < 4.78 is 33.0. The minimum absolute atomic E-state index is 0.151. The normalized spacial score (nSPS) is 12.3. The van der Waals surface area contributed by atoms with Gasteiger partial charge in [-0.3, -0.25) is 9.11 Å². The van der Waals surface area contributed by atoms with Crippen molar-refractivity contribution in [3.05, 3.63) is 12.7 Å². The largest absolute Gasteiger partial charge is 0.394 e. The van der Waals surface area contributed by atoms with Crippen LogP contribution in [0, 0.1) is 0 Å². The molecule has 0 amide bonds. The van der Waals surface area contributed by atoms with Gasteiger partial charge >= 0.3 is 10.4 Å². The molecule has 31 heavy (non-hydrogen) atoms. The lowest BCUT2D eigenvalue weighted by Crippen LogP contribution is -2.50. The van der Waals surface area contributed by atoms with Gasteiger partial charge in [0.05, 0.1) is 32.3 Å². The third kappa shape index (κ3) is 31.8. The van der Waals surface area contributed by atoms with Crippen LogP contribution in [-0.2, 0) is 10.4 Å². The van der Waals surface area contributed by atoms with E-state index in [9.17, 15) is 0 Å². The van der Waals surface area contributed by atoms with E-state index in [0.717, 1.165) is 25.7 Å². The van der Waals surface area contributed by atoms with E-state index in [1.807, 2.05) is 0 Å². The molecule has 0 fully saturated rings. The van der Waals surface area contributed by atoms with Crippen molar-refractivity contribution < 1.29 is 27.1 Å². The van der Waals surface area contributed by atoms with Crippen LogP contribution >= 0.6 is 0 Å². The van der Waals surface area contributed by atoms with E-state index in [1.54, 1.807) is 6.08 Å². The lowest BCUT2D eigenvalue weighted by Gasteiger charge is -2.39. The van der Waals surface area contributed by atoms with E-state index < -0.39 is 10.4 Å². The van der Waals surface area contributed by atoms with Crippen LogP contribution in [0.25, 0.3) is 0 Å². The van der Waals surface area contributed by atoms with Crippen molar-refractivity contribution in [2.45, 2.75) is 118 Å². The van der Waals surface area contributed by atoms with Crippen LogP contribution in [0.2, 0.25) is 0 Å². The molecule has 0 aliphatic heterocycles. The molecule has 3 N–H and O–H groups in total. The third-order valence-electron chi connectivity index (χ3n) is 5.27. The predicted octanol–water partition coefficient (Wildman–Crippen LogP) is 6.46. The number of rotatable bonds is 17. The summed E-state index contributed by atoms with van der Waals surface area (Å²) in [5.41, 5.74) is 0. The maximum Gasteiger partial charge on any atom is 0.394 e. The second-order valence-corrected chi connectivity index (χ2v) is 9.31. The topological polar surface area (TPSA) is 94.8 Å². The molecular formula is C24H54NO5S+. The van der Waals surface area contributed by atoms with Crippen LogP contribution in [0.15, 0.2) is 12.7 Å². The second kappa shape index (κ2) is 24.2. The number of nitrogens with zero attached hydrogens (tertiary/aromatic N) is 1. The first-order valence-corrected chi connectivity index (χ1v) is 13.8. The first kappa shape index (κ1) is 35.1. The van der Waals surface area contributed by atoms with Crippen LogP contribution in [-0.4, -0.2) is 59.4 Å². The van der Waals surface area contributed by atoms with Crippen LogP contribution in [0.1, 0.15) is 112 Å². The SMILES string of the molecule is C=CCC(O)CCCC.CCCC[N+](CCCC)(CCCC)CCCC.O=S(=O)(O)O. The monoisotopic (exact) mass is 468 g/mol. The Bertz CT molecular complexity index is 423. The Morgan fingerprint density at radius 2 is 1.03 bits per heavy atom. The lowest BCUT2D eigenvalue weighted by molar-refractivity contribution is -0.929. The van der Waals surface area contributed by atoms with Gasteiger partial charge < -0.3 is 9.59 Å². The Hall–Kier alpha value is -0.470. The van der Waals surface area contributed by atoms with Crippen molar-refractivity contribution in [1.29, 1.82) is 0 Å². The fourth-order valence-electron chi connectivity index (χ4n) is 3.39. The molecule has 6 nitrogen and oxygen atoms in total. The van der Waals surface area contributed by atoms with Crippen molar-refractivity contribution in [1.82, 2.24) is 0 Å². The van der Waals surface area contributed by atoms with Gasteiger partial charge in [-0.2, -0.15) is 8.42 Å². The van der Waals surface area contributed by atoms with Gasteiger partial charge in [-0.05, 0) is 38.5 Å². The summed E-state index contributed by atoms with van der Waals surface area (Å²) in [6, 6.07) is 0. The van der Waals surface area contributed by atoms with E-state index in [0.29, 0.717) is 0 Å². The van der Waals surface area contributed by atoms with Gasteiger partial charge in [0.15, 0.2) is 0 Å². The number of unbranched alkanes of at least 4 members (excludes halogenated alkanes) is 5. The maximum atomic E-state index is 9.11. The van der Waals surface area contributed by atoms with E-state index >= 15 is 0 Å². The molecule has 7 heteroatoms. The molecule has 0 saturated heterocycles. The molecule has 0 aliphatic rings. The Morgan fingerprint density at radius 3 is 1.26 bits per heavy atom. The molecule has 0 aromatic carbocycles. The highest BCUT2D eigenvalue weighted by atomic mass is 32.3. The standard InChI is InChI=1S/C16H36N.C8H16O.H2O4S/c1-5-9-13-17(14-10-6-2,15-11-7-3)16-12-8-4;1-3-5-7-8(9)6-4-2;1-5(2,3)4/h5-16H2,1-4H3;4,8-9H,2-3,5-7H2,1H3;(H2,1,2,3,4)/q+1;;. The summed E-state index contributed by atoms with van der Waals surface area (Å²) >= 11 is 0. The highest BCUT2D eigenvalue weighted by Gasteiger charge is 2.24. The molecule has 1 unspecified atom stereocenters. The summed E-state index contributed by atoms with van der Waals surface area (Å²) in [4.78, 5) is 0. The number of hydrogen-bond acceptors (Lipinski definition) is 3. The van der Waals surface area contributed by atoms with Crippen molar-refractivity contribution in [3.63, 3.8) is 0 Å². The fraction of sp³-hybridized carbons (Fsp3) is 0.917. The summed E-state index contributed by atoms with van der Waals surface area (Å²) in [6.07, 6.45) is 16.6.